The molecule has 0 spiro atoms. The van der Waals surface area contributed by atoms with E-state index in [2.05, 4.69) is 13.8 Å². The van der Waals surface area contributed by atoms with Crippen LogP contribution in [0.3, 0.4) is 0 Å². The maximum absolute atomic E-state index is 12.3. The average Bonchev–Trinajstić information content (AvgIpc) is 2.45. The van der Waals surface area contributed by atoms with Gasteiger partial charge in [0.2, 0.25) is 0 Å². The Morgan fingerprint density at radius 2 is 1.82 bits per heavy atom. The van der Waals surface area contributed by atoms with E-state index in [0.717, 1.165) is 21.9 Å². The Morgan fingerprint density at radius 3 is 2.32 bits per heavy atom. The average molecular weight is 322 g/mol. The Morgan fingerprint density at radius 1 is 1.14 bits per heavy atom. The van der Waals surface area contributed by atoms with Gasteiger partial charge in [0.25, 0.3) is 0 Å². The molecule has 0 heterocycles. The van der Waals surface area contributed by atoms with E-state index in [1.807, 2.05) is 38.1 Å². The molecule has 0 fully saturated rings. The number of carbonyl (C=O) groups is 1. The van der Waals surface area contributed by atoms with E-state index in [4.69, 9.17) is 14.2 Å². The van der Waals surface area contributed by atoms with E-state index >= 15 is 0 Å². The first-order valence-corrected chi connectivity index (χ1v) is 8.91. The number of ether oxygens (including phenoxy) is 3. The third-order valence-corrected chi connectivity index (χ3v) is 4.85. The largest absolute Gasteiger partial charge is 0.497 e. The van der Waals surface area contributed by atoms with Crippen LogP contribution in [0, 0.1) is 5.92 Å². The summed E-state index contributed by atoms with van der Waals surface area (Å²) in [5.41, 5.74) is 0. The van der Waals surface area contributed by atoms with E-state index in [0.29, 0.717) is 5.92 Å². The Hall–Kier alpha value is -1.75. The number of esters is 1. The summed E-state index contributed by atoms with van der Waals surface area (Å²) in [5.74, 6) is 1.63. The monoisotopic (exact) mass is 322 g/mol. The number of benzene rings is 1. The Labute approximate surface area is 135 Å². The van der Waals surface area contributed by atoms with Gasteiger partial charge in [0, 0.05) is 5.20 Å². The van der Waals surface area contributed by atoms with Crippen molar-refractivity contribution in [2.24, 2.45) is 5.92 Å². The van der Waals surface area contributed by atoms with Crippen molar-refractivity contribution in [3.05, 3.63) is 29.5 Å². The number of rotatable bonds is 7. The molecule has 1 rings (SSSR count). The first-order chi connectivity index (χ1) is 10.4. The molecule has 122 valence electrons. The fraction of sp³-hybridized carbons (Fsp3) is 0.471. The Balaban J connectivity index is 3.11. The number of carbonyl (C=O) groups excluding carboxylic acids is 1. The molecule has 0 radical (unpaired) electrons. The summed E-state index contributed by atoms with van der Waals surface area (Å²) in [5, 5.41) is 1.81. The van der Waals surface area contributed by atoms with E-state index in [9.17, 15) is 4.79 Å². The minimum atomic E-state index is -1.02. The lowest BCUT2D eigenvalue weighted by Gasteiger charge is -2.14. The molecule has 0 bridgehead atoms. The van der Waals surface area contributed by atoms with Gasteiger partial charge in [0.1, 0.15) is 21.0 Å². The SMILES string of the molecule is COc1ccc(OC)c([SiH2]C(=CC(C)C)C(=O)OC(C)C)c1. The van der Waals surface area contributed by atoms with Gasteiger partial charge in [0.15, 0.2) is 0 Å². The van der Waals surface area contributed by atoms with Gasteiger partial charge < -0.3 is 14.2 Å². The summed E-state index contributed by atoms with van der Waals surface area (Å²) in [6.45, 7) is 7.83. The molecule has 0 atom stereocenters. The van der Waals surface area contributed by atoms with Gasteiger partial charge in [-0.3, -0.25) is 0 Å². The first kappa shape index (κ1) is 18.3. The van der Waals surface area contributed by atoms with Crippen molar-refractivity contribution < 1.29 is 19.0 Å². The van der Waals surface area contributed by atoms with Gasteiger partial charge in [-0.25, -0.2) is 4.79 Å². The maximum Gasteiger partial charge on any atom is 0.329 e. The van der Waals surface area contributed by atoms with Crippen LogP contribution in [0.4, 0.5) is 0 Å². The molecule has 4 nitrogen and oxygen atoms in total. The van der Waals surface area contributed by atoms with Gasteiger partial charge >= 0.3 is 5.97 Å². The highest BCUT2D eigenvalue weighted by Crippen LogP contribution is 2.16. The number of hydrogen-bond acceptors (Lipinski definition) is 4. The summed E-state index contributed by atoms with van der Waals surface area (Å²) in [7, 11) is 2.25. The zero-order chi connectivity index (χ0) is 16.7. The molecule has 0 aliphatic heterocycles. The number of hydrogen-bond donors (Lipinski definition) is 0. The second kappa shape index (κ2) is 8.63. The van der Waals surface area contributed by atoms with Gasteiger partial charge in [-0.15, -0.1) is 0 Å². The smallest absolute Gasteiger partial charge is 0.329 e. The van der Waals surface area contributed by atoms with Gasteiger partial charge in [-0.2, -0.15) is 0 Å². The topological polar surface area (TPSA) is 44.8 Å². The molecule has 5 heteroatoms. The minimum absolute atomic E-state index is 0.121. The van der Waals surface area contributed by atoms with Crippen LogP contribution in [0.2, 0.25) is 0 Å². The van der Waals surface area contributed by atoms with Gasteiger partial charge in [-0.1, -0.05) is 19.9 Å². The number of allylic oxidation sites excluding steroid dienone is 1. The number of methoxy groups -OCH3 is 2. The van der Waals surface area contributed by atoms with Crippen LogP contribution >= 0.6 is 0 Å². The summed E-state index contributed by atoms with van der Waals surface area (Å²) < 4.78 is 16.1. The van der Waals surface area contributed by atoms with Crippen molar-refractivity contribution in [1.29, 1.82) is 0 Å². The highest BCUT2D eigenvalue weighted by Gasteiger charge is 2.17. The molecule has 1 aromatic rings. The van der Waals surface area contributed by atoms with Crippen molar-refractivity contribution in [3.63, 3.8) is 0 Å². The van der Waals surface area contributed by atoms with Crippen molar-refractivity contribution in [2.75, 3.05) is 14.2 Å². The lowest BCUT2D eigenvalue weighted by atomic mass is 10.2. The maximum atomic E-state index is 12.3. The highest BCUT2D eigenvalue weighted by atomic mass is 28.2. The summed E-state index contributed by atoms with van der Waals surface area (Å²) >= 11 is 0. The first-order valence-electron chi connectivity index (χ1n) is 7.50. The molecule has 0 aliphatic rings. The molecule has 0 amide bonds. The molecule has 0 aromatic heterocycles. The van der Waals surface area contributed by atoms with E-state index < -0.39 is 9.52 Å². The van der Waals surface area contributed by atoms with E-state index in [1.165, 1.54) is 0 Å². The minimum Gasteiger partial charge on any atom is -0.497 e. The predicted octanol–water partition coefficient (Wildman–Crippen LogP) is 1.99. The predicted molar refractivity (Wildman–Crippen MR) is 91.9 cm³/mol. The molecular formula is C17H26O4Si. The van der Waals surface area contributed by atoms with Crippen molar-refractivity contribution in [1.82, 2.24) is 0 Å². The van der Waals surface area contributed by atoms with Crippen LogP contribution in [0.5, 0.6) is 11.5 Å². The lowest BCUT2D eigenvalue weighted by Crippen LogP contribution is -2.26. The van der Waals surface area contributed by atoms with Gasteiger partial charge in [-0.05, 0) is 43.2 Å². The Kier molecular flexibility index (Phi) is 7.18. The van der Waals surface area contributed by atoms with Crippen LogP contribution in [0.15, 0.2) is 29.5 Å². The second-order valence-corrected chi connectivity index (χ2v) is 7.62. The highest BCUT2D eigenvalue weighted by molar-refractivity contribution is 6.67. The van der Waals surface area contributed by atoms with Crippen LogP contribution in [0.1, 0.15) is 27.7 Å². The zero-order valence-electron chi connectivity index (χ0n) is 14.3. The van der Waals surface area contributed by atoms with Crippen molar-refractivity contribution >= 4 is 20.7 Å². The summed E-state index contributed by atoms with van der Waals surface area (Å²) in [6, 6.07) is 5.68. The lowest BCUT2D eigenvalue weighted by molar-refractivity contribution is -0.141. The molecule has 0 saturated carbocycles. The second-order valence-electron chi connectivity index (χ2n) is 5.74. The Bertz CT molecular complexity index is 535. The fourth-order valence-corrected chi connectivity index (χ4v) is 4.08. The van der Waals surface area contributed by atoms with Crippen LogP contribution < -0.4 is 14.7 Å². The molecule has 1 aromatic carbocycles. The molecule has 22 heavy (non-hydrogen) atoms. The van der Waals surface area contributed by atoms with Crippen molar-refractivity contribution in [2.45, 2.75) is 33.8 Å². The van der Waals surface area contributed by atoms with Crippen LogP contribution in [-0.2, 0) is 9.53 Å². The summed E-state index contributed by atoms with van der Waals surface area (Å²) in [6.07, 6.45) is 1.87. The van der Waals surface area contributed by atoms with Crippen LogP contribution in [0.25, 0.3) is 0 Å². The van der Waals surface area contributed by atoms with E-state index in [1.54, 1.807) is 14.2 Å². The molecular weight excluding hydrogens is 296 g/mol. The molecule has 0 unspecified atom stereocenters. The van der Waals surface area contributed by atoms with Gasteiger partial charge in [0.05, 0.1) is 20.3 Å². The third kappa shape index (κ3) is 5.56. The molecule has 0 aliphatic carbocycles. The fourth-order valence-electron chi connectivity index (χ4n) is 2.12. The molecule has 0 N–H and O–H groups in total. The van der Waals surface area contributed by atoms with Crippen LogP contribution in [-0.4, -0.2) is 35.8 Å². The third-order valence-electron chi connectivity index (χ3n) is 3.01. The normalized spacial score (nSPS) is 12.3. The van der Waals surface area contributed by atoms with E-state index in [-0.39, 0.29) is 12.1 Å². The zero-order valence-corrected chi connectivity index (χ0v) is 15.7. The standard InChI is InChI=1S/C17H26O4Si/c1-11(2)9-16(17(18)21-12(3)4)22-15-10-13(19-5)7-8-14(15)20-6/h7-12H,22H2,1-6H3. The van der Waals surface area contributed by atoms with Crippen molar-refractivity contribution in [3.8, 4) is 11.5 Å². The molecule has 0 saturated heterocycles. The summed E-state index contributed by atoms with van der Waals surface area (Å²) in [4.78, 5) is 12.3. The quantitative estimate of drug-likeness (QED) is 0.437.